The van der Waals surface area contributed by atoms with E-state index in [1.54, 1.807) is 40.0 Å². The molecule has 0 radical (unpaired) electrons. The number of nitrogens with zero attached hydrogens (tertiary/aromatic N) is 3. The van der Waals surface area contributed by atoms with Gasteiger partial charge in [0.1, 0.15) is 12.4 Å². The lowest BCUT2D eigenvalue weighted by atomic mass is 9.92. The van der Waals surface area contributed by atoms with Gasteiger partial charge in [0.2, 0.25) is 0 Å². The van der Waals surface area contributed by atoms with Gasteiger partial charge in [-0.3, -0.25) is 14.3 Å². The largest absolute Gasteiger partial charge is 0.487 e. The van der Waals surface area contributed by atoms with E-state index >= 15 is 0 Å². The highest BCUT2D eigenvalue weighted by Crippen LogP contribution is 2.24. The SMILES string of the molecule is Cn1nccc1COc1ccc2c(c1)CNC(C(O)CNC(=O)c1ccc(C(=O)N3CCOCC3)cc1)C2. The van der Waals surface area contributed by atoms with Gasteiger partial charge < -0.3 is 30.1 Å². The van der Waals surface area contributed by atoms with E-state index in [-0.39, 0.29) is 24.4 Å². The molecular weight excluding hydrogens is 486 g/mol. The summed E-state index contributed by atoms with van der Waals surface area (Å²) >= 11 is 0. The van der Waals surface area contributed by atoms with Gasteiger partial charge in [-0.25, -0.2) is 0 Å². The van der Waals surface area contributed by atoms with Crippen molar-refractivity contribution >= 4 is 11.8 Å². The van der Waals surface area contributed by atoms with Crippen molar-refractivity contribution in [2.75, 3.05) is 32.8 Å². The first-order valence-electron chi connectivity index (χ1n) is 12.9. The maximum Gasteiger partial charge on any atom is 0.254 e. The van der Waals surface area contributed by atoms with Crippen LogP contribution in [0.3, 0.4) is 0 Å². The average Bonchev–Trinajstić information content (AvgIpc) is 3.38. The predicted octanol–water partition coefficient (Wildman–Crippen LogP) is 1.28. The second kappa shape index (κ2) is 11.8. The molecule has 2 aromatic carbocycles. The molecule has 0 bridgehead atoms. The Kier molecular flexibility index (Phi) is 8.02. The van der Waals surface area contributed by atoms with Crippen molar-refractivity contribution in [3.05, 3.63) is 82.7 Å². The number of benzene rings is 2. The van der Waals surface area contributed by atoms with Gasteiger partial charge >= 0.3 is 0 Å². The van der Waals surface area contributed by atoms with Crippen LogP contribution in [0.25, 0.3) is 0 Å². The van der Waals surface area contributed by atoms with E-state index in [1.165, 1.54) is 0 Å². The highest BCUT2D eigenvalue weighted by Gasteiger charge is 2.25. The lowest BCUT2D eigenvalue weighted by molar-refractivity contribution is 0.0303. The first-order valence-corrected chi connectivity index (χ1v) is 12.9. The van der Waals surface area contributed by atoms with Crippen LogP contribution in [-0.2, 0) is 31.4 Å². The Hall–Kier alpha value is -3.73. The van der Waals surface area contributed by atoms with Crippen molar-refractivity contribution in [1.82, 2.24) is 25.3 Å². The number of aliphatic hydroxyl groups excluding tert-OH is 1. The van der Waals surface area contributed by atoms with Gasteiger partial charge in [0.25, 0.3) is 11.8 Å². The lowest BCUT2D eigenvalue weighted by Crippen LogP contribution is -2.49. The van der Waals surface area contributed by atoms with Crippen LogP contribution in [0.15, 0.2) is 54.7 Å². The van der Waals surface area contributed by atoms with Crippen molar-refractivity contribution in [3.63, 3.8) is 0 Å². The minimum Gasteiger partial charge on any atom is -0.487 e. The Morgan fingerprint density at radius 1 is 1.13 bits per heavy atom. The second-order valence-electron chi connectivity index (χ2n) is 9.62. The third kappa shape index (κ3) is 6.04. The molecule has 1 fully saturated rings. The zero-order chi connectivity index (χ0) is 26.5. The quantitative estimate of drug-likeness (QED) is 0.410. The summed E-state index contributed by atoms with van der Waals surface area (Å²) in [5.41, 5.74) is 4.25. The van der Waals surface area contributed by atoms with E-state index in [0.29, 0.717) is 57.0 Å². The summed E-state index contributed by atoms with van der Waals surface area (Å²) in [6.07, 6.45) is 1.64. The zero-order valence-electron chi connectivity index (χ0n) is 21.4. The number of fused-ring (bicyclic) bond motifs is 1. The van der Waals surface area contributed by atoms with Crippen molar-refractivity contribution in [2.45, 2.75) is 31.7 Å². The molecule has 2 amide bonds. The zero-order valence-corrected chi connectivity index (χ0v) is 21.4. The Morgan fingerprint density at radius 2 is 1.89 bits per heavy atom. The number of amides is 2. The molecule has 2 aliphatic heterocycles. The molecule has 2 unspecified atom stereocenters. The number of carbonyl (C=O) groups is 2. The number of carbonyl (C=O) groups excluding carboxylic acids is 2. The lowest BCUT2D eigenvalue weighted by Gasteiger charge is -2.30. The maximum atomic E-state index is 12.6. The molecule has 10 heteroatoms. The fourth-order valence-electron chi connectivity index (χ4n) is 4.73. The van der Waals surface area contributed by atoms with Crippen LogP contribution in [0.2, 0.25) is 0 Å². The number of nitrogens with one attached hydrogen (secondary N) is 2. The fourth-order valence-corrected chi connectivity index (χ4v) is 4.73. The molecule has 2 aliphatic rings. The van der Waals surface area contributed by atoms with Crippen LogP contribution in [0, 0.1) is 0 Å². The molecule has 0 saturated carbocycles. The summed E-state index contributed by atoms with van der Waals surface area (Å²) in [4.78, 5) is 27.0. The van der Waals surface area contributed by atoms with Crippen molar-refractivity contribution in [2.24, 2.45) is 7.05 Å². The topological polar surface area (TPSA) is 118 Å². The molecule has 3 aromatic rings. The van der Waals surface area contributed by atoms with E-state index in [2.05, 4.69) is 15.7 Å². The Labute approximate surface area is 221 Å². The van der Waals surface area contributed by atoms with Crippen LogP contribution >= 0.6 is 0 Å². The van der Waals surface area contributed by atoms with Crippen molar-refractivity contribution in [1.29, 1.82) is 0 Å². The van der Waals surface area contributed by atoms with Gasteiger partial charge in [0, 0.05) is 56.6 Å². The molecule has 10 nitrogen and oxygen atoms in total. The molecule has 38 heavy (non-hydrogen) atoms. The van der Waals surface area contributed by atoms with Crippen LogP contribution in [0.1, 0.15) is 37.5 Å². The normalized spacial score (nSPS) is 17.9. The summed E-state index contributed by atoms with van der Waals surface area (Å²) in [5, 5.41) is 21.1. The van der Waals surface area contributed by atoms with Gasteiger partial charge in [-0.2, -0.15) is 5.10 Å². The van der Waals surface area contributed by atoms with Crippen molar-refractivity contribution in [3.8, 4) is 5.75 Å². The molecule has 1 saturated heterocycles. The average molecular weight is 520 g/mol. The summed E-state index contributed by atoms with van der Waals surface area (Å²) in [7, 11) is 1.88. The molecule has 2 atom stereocenters. The third-order valence-corrected chi connectivity index (χ3v) is 7.11. The highest BCUT2D eigenvalue weighted by molar-refractivity contribution is 5.97. The van der Waals surface area contributed by atoms with E-state index in [9.17, 15) is 14.7 Å². The first kappa shape index (κ1) is 25.9. The van der Waals surface area contributed by atoms with Gasteiger partial charge in [-0.15, -0.1) is 0 Å². The second-order valence-corrected chi connectivity index (χ2v) is 9.62. The predicted molar refractivity (Wildman–Crippen MR) is 140 cm³/mol. The molecular formula is C28H33N5O5. The Balaban J connectivity index is 1.10. The number of ether oxygens (including phenoxy) is 2. The van der Waals surface area contributed by atoms with Crippen LogP contribution in [-0.4, -0.2) is 76.6 Å². The summed E-state index contributed by atoms with van der Waals surface area (Å²) in [6.45, 7) is 3.38. The number of hydrogen-bond acceptors (Lipinski definition) is 7. The van der Waals surface area contributed by atoms with Gasteiger partial charge in [0.05, 0.1) is 25.0 Å². The maximum absolute atomic E-state index is 12.6. The minimum absolute atomic E-state index is 0.0635. The van der Waals surface area contributed by atoms with E-state index in [0.717, 1.165) is 22.6 Å². The first-order chi connectivity index (χ1) is 18.5. The summed E-state index contributed by atoms with van der Waals surface area (Å²) in [6, 6.07) is 14.3. The van der Waals surface area contributed by atoms with Gasteiger partial charge in [-0.1, -0.05) is 6.07 Å². The van der Waals surface area contributed by atoms with Crippen LogP contribution in [0.4, 0.5) is 0 Å². The Bertz CT molecular complexity index is 1270. The monoisotopic (exact) mass is 519 g/mol. The summed E-state index contributed by atoms with van der Waals surface area (Å²) < 4.78 is 13.0. The number of rotatable bonds is 8. The number of hydrogen-bond donors (Lipinski definition) is 3. The molecule has 3 N–H and O–H groups in total. The number of morpholine rings is 1. The third-order valence-electron chi connectivity index (χ3n) is 7.11. The van der Waals surface area contributed by atoms with Gasteiger partial charge in [0.15, 0.2) is 0 Å². The fraction of sp³-hybridized carbons (Fsp3) is 0.393. The minimum atomic E-state index is -0.755. The smallest absolute Gasteiger partial charge is 0.254 e. The van der Waals surface area contributed by atoms with E-state index < -0.39 is 6.10 Å². The van der Waals surface area contributed by atoms with E-state index in [1.807, 2.05) is 31.3 Å². The Morgan fingerprint density at radius 3 is 2.63 bits per heavy atom. The summed E-state index contributed by atoms with van der Waals surface area (Å²) in [5.74, 6) is 0.433. The van der Waals surface area contributed by atoms with Crippen LogP contribution in [0.5, 0.6) is 5.75 Å². The highest BCUT2D eigenvalue weighted by atomic mass is 16.5. The number of aryl methyl sites for hydroxylation is 1. The standard InChI is InChI=1S/C28H33N5O5/c1-32-23(8-9-31-32)18-38-24-7-6-21-15-25(29-16-22(21)14-24)26(34)17-30-27(35)19-2-4-20(5-3-19)28(36)33-10-12-37-13-11-33/h2-9,14,25-26,29,34H,10-13,15-18H2,1H3,(H,30,35). The number of aliphatic hydroxyl groups is 1. The van der Waals surface area contributed by atoms with Crippen molar-refractivity contribution < 1.29 is 24.2 Å². The molecule has 5 rings (SSSR count). The van der Waals surface area contributed by atoms with Gasteiger partial charge in [-0.05, 0) is 60.0 Å². The number of aromatic nitrogens is 2. The van der Waals surface area contributed by atoms with Crippen LogP contribution < -0.4 is 15.4 Å². The molecule has 3 heterocycles. The molecule has 200 valence electrons. The molecule has 0 spiro atoms. The van der Waals surface area contributed by atoms with E-state index in [4.69, 9.17) is 9.47 Å². The molecule has 1 aromatic heterocycles. The molecule has 0 aliphatic carbocycles.